The lowest BCUT2D eigenvalue weighted by Crippen LogP contribution is -2.71. The largest absolute Gasteiger partial charge is 0.497 e. The normalized spacial score (nSPS) is 18.3. The lowest BCUT2D eigenvalue weighted by molar-refractivity contribution is -0.368. The van der Waals surface area contributed by atoms with Crippen LogP contribution in [-0.4, -0.2) is 31.2 Å². The Kier molecular flexibility index (Phi) is 6.56. The Morgan fingerprint density at radius 1 is 0.919 bits per heavy atom. The zero-order valence-corrected chi connectivity index (χ0v) is 19.7. The van der Waals surface area contributed by atoms with Gasteiger partial charge < -0.3 is 10.1 Å². The highest BCUT2D eigenvalue weighted by atomic mass is 35.5. The summed E-state index contributed by atoms with van der Waals surface area (Å²) in [6.07, 6.45) is -6.64. The molecule has 1 heterocycles. The quantitative estimate of drug-likeness (QED) is 0.334. The SMILES string of the molecule is COc1ccc(CN2C(=O)N[C@@](c3ccccc3)(C(F)(F)C(F)(F)C(F)(F)F)c3cc(Cl)ccc32)cc1. The minimum atomic E-state index is -6.64. The van der Waals surface area contributed by atoms with Crippen molar-refractivity contribution in [1.29, 1.82) is 0 Å². The van der Waals surface area contributed by atoms with E-state index >= 15 is 8.78 Å². The van der Waals surface area contributed by atoms with E-state index in [1.807, 2.05) is 5.32 Å². The van der Waals surface area contributed by atoms with Gasteiger partial charge in [0, 0.05) is 10.6 Å². The number of amides is 2. The minimum Gasteiger partial charge on any atom is -0.497 e. The summed E-state index contributed by atoms with van der Waals surface area (Å²) >= 11 is 6.02. The van der Waals surface area contributed by atoms with Gasteiger partial charge >= 0.3 is 24.1 Å². The molecule has 0 radical (unpaired) electrons. The summed E-state index contributed by atoms with van der Waals surface area (Å²) in [7, 11) is 1.44. The molecular formula is C25H18ClF7N2O2. The van der Waals surface area contributed by atoms with Gasteiger partial charge in [-0.15, -0.1) is 0 Å². The van der Waals surface area contributed by atoms with E-state index in [9.17, 15) is 26.7 Å². The molecule has 196 valence electrons. The first-order chi connectivity index (χ1) is 17.3. The van der Waals surface area contributed by atoms with Crippen molar-refractivity contribution < 1.29 is 40.3 Å². The van der Waals surface area contributed by atoms with Crippen molar-refractivity contribution in [3.05, 3.63) is 94.5 Å². The Bertz CT molecular complexity index is 1300. The Morgan fingerprint density at radius 3 is 2.11 bits per heavy atom. The number of rotatable bonds is 6. The van der Waals surface area contributed by atoms with Crippen LogP contribution < -0.4 is 15.0 Å². The number of nitrogens with zero attached hydrogens (tertiary/aromatic N) is 1. The molecule has 1 atom stereocenters. The number of halogens is 8. The van der Waals surface area contributed by atoms with Crippen molar-refractivity contribution >= 4 is 23.3 Å². The highest BCUT2D eigenvalue weighted by molar-refractivity contribution is 6.30. The summed E-state index contributed by atoms with van der Waals surface area (Å²) in [4.78, 5) is 14.2. The first kappa shape index (κ1) is 26.6. The third-order valence-electron chi connectivity index (χ3n) is 6.12. The molecule has 1 aliphatic rings. The van der Waals surface area contributed by atoms with Gasteiger partial charge in [-0.1, -0.05) is 54.1 Å². The van der Waals surface area contributed by atoms with E-state index in [1.165, 1.54) is 31.4 Å². The van der Waals surface area contributed by atoms with Gasteiger partial charge in [-0.3, -0.25) is 4.90 Å². The molecule has 0 saturated carbocycles. The summed E-state index contributed by atoms with van der Waals surface area (Å²) in [6, 6.07) is 13.8. The molecule has 0 aromatic heterocycles. The fourth-order valence-corrected chi connectivity index (χ4v) is 4.45. The van der Waals surface area contributed by atoms with Crippen molar-refractivity contribution in [3.8, 4) is 5.75 Å². The minimum absolute atomic E-state index is 0.217. The molecule has 12 heteroatoms. The zero-order chi connectivity index (χ0) is 27.2. The van der Waals surface area contributed by atoms with Gasteiger partial charge in [0.2, 0.25) is 0 Å². The Balaban J connectivity index is 1.98. The van der Waals surface area contributed by atoms with Gasteiger partial charge in [0.15, 0.2) is 5.54 Å². The number of fused-ring (bicyclic) bond motifs is 1. The van der Waals surface area contributed by atoms with Gasteiger partial charge in [-0.25, -0.2) is 4.79 Å². The molecule has 2 amide bonds. The Hall–Kier alpha value is -3.47. The lowest BCUT2D eigenvalue weighted by atomic mass is 9.73. The van der Waals surface area contributed by atoms with Gasteiger partial charge in [0.05, 0.1) is 19.3 Å². The molecule has 1 aliphatic heterocycles. The highest BCUT2D eigenvalue weighted by Gasteiger charge is 2.81. The summed E-state index contributed by atoms with van der Waals surface area (Å²) in [5.74, 6) is -11.9. The third-order valence-corrected chi connectivity index (χ3v) is 6.36. The summed E-state index contributed by atoms with van der Waals surface area (Å²) in [6.45, 7) is -0.226. The molecule has 4 nitrogen and oxygen atoms in total. The predicted molar refractivity (Wildman–Crippen MR) is 122 cm³/mol. The molecule has 0 fully saturated rings. The number of nitrogens with one attached hydrogen (secondary N) is 1. The number of ether oxygens (including phenoxy) is 1. The van der Waals surface area contributed by atoms with Gasteiger partial charge in [0.25, 0.3) is 0 Å². The number of carbonyl (C=O) groups is 1. The van der Waals surface area contributed by atoms with Crippen molar-refractivity contribution in [2.75, 3.05) is 12.0 Å². The number of hydrogen-bond acceptors (Lipinski definition) is 2. The third kappa shape index (κ3) is 4.14. The van der Waals surface area contributed by atoms with Crippen molar-refractivity contribution in [2.24, 2.45) is 0 Å². The lowest BCUT2D eigenvalue weighted by Gasteiger charge is -2.49. The number of hydrogen-bond donors (Lipinski definition) is 1. The van der Waals surface area contributed by atoms with E-state index < -0.39 is 40.7 Å². The van der Waals surface area contributed by atoms with Crippen LogP contribution in [0.4, 0.5) is 41.2 Å². The van der Waals surface area contributed by atoms with E-state index in [0.29, 0.717) is 11.3 Å². The molecule has 1 N–H and O–H groups in total. The maximum atomic E-state index is 15.8. The number of anilines is 1. The average Bonchev–Trinajstić information content (AvgIpc) is 2.85. The summed E-state index contributed by atoms with van der Waals surface area (Å²) in [5.41, 5.74) is -4.86. The van der Waals surface area contributed by atoms with E-state index in [1.54, 1.807) is 24.3 Å². The molecule has 3 aromatic rings. The maximum absolute atomic E-state index is 15.8. The molecule has 0 spiro atoms. The molecular weight excluding hydrogens is 529 g/mol. The molecule has 0 bridgehead atoms. The number of benzene rings is 3. The highest BCUT2D eigenvalue weighted by Crippen LogP contribution is 2.59. The average molecular weight is 547 g/mol. The standard InChI is InChI=1S/C25H18ClF7N2O2/c1-37-18-10-7-15(8-11-18)14-35-20-12-9-17(26)13-19(20)22(34-21(35)36,16-5-3-2-4-6-16)23(27,28)24(29,30)25(31,32)33/h2-13H,14H2,1H3,(H,34,36)/t22-/m1/s1. The number of carbonyl (C=O) groups excluding carboxylic acids is 1. The van der Waals surface area contributed by atoms with Crippen molar-refractivity contribution in [3.63, 3.8) is 0 Å². The second-order valence-corrected chi connectivity index (χ2v) is 8.72. The van der Waals surface area contributed by atoms with Gasteiger partial charge in [0.1, 0.15) is 5.75 Å². The van der Waals surface area contributed by atoms with Crippen LogP contribution in [0.2, 0.25) is 5.02 Å². The number of alkyl halides is 7. The van der Waals surface area contributed by atoms with Gasteiger partial charge in [-0.05, 0) is 41.5 Å². The molecule has 3 aromatic carbocycles. The van der Waals surface area contributed by atoms with Crippen LogP contribution in [0.15, 0.2) is 72.8 Å². The molecule has 0 saturated heterocycles. The maximum Gasteiger partial charge on any atom is 0.459 e. The first-order valence-electron chi connectivity index (χ1n) is 10.7. The number of urea groups is 1. The van der Waals surface area contributed by atoms with E-state index in [4.69, 9.17) is 16.3 Å². The number of methoxy groups -OCH3 is 1. The van der Waals surface area contributed by atoms with Crippen LogP contribution in [0.3, 0.4) is 0 Å². The van der Waals surface area contributed by atoms with E-state index in [-0.39, 0.29) is 17.3 Å². The molecule has 4 rings (SSSR count). The second kappa shape index (κ2) is 9.13. The zero-order valence-electron chi connectivity index (χ0n) is 18.9. The topological polar surface area (TPSA) is 41.6 Å². The van der Waals surface area contributed by atoms with Crippen LogP contribution in [0.25, 0.3) is 0 Å². The summed E-state index contributed by atoms with van der Waals surface area (Å²) in [5, 5.41) is 1.60. The van der Waals surface area contributed by atoms with Crippen LogP contribution >= 0.6 is 11.6 Å². The van der Waals surface area contributed by atoms with Crippen LogP contribution in [0, 0.1) is 0 Å². The van der Waals surface area contributed by atoms with E-state index in [2.05, 4.69) is 0 Å². The van der Waals surface area contributed by atoms with E-state index in [0.717, 1.165) is 29.2 Å². The predicted octanol–water partition coefficient (Wildman–Crippen LogP) is 7.15. The van der Waals surface area contributed by atoms with Crippen molar-refractivity contribution in [1.82, 2.24) is 5.32 Å². The van der Waals surface area contributed by atoms with Crippen LogP contribution in [0.5, 0.6) is 5.75 Å². The Morgan fingerprint density at radius 2 is 1.54 bits per heavy atom. The van der Waals surface area contributed by atoms with Crippen molar-refractivity contribution in [2.45, 2.75) is 30.1 Å². The van der Waals surface area contributed by atoms with Gasteiger partial charge in [-0.2, -0.15) is 30.7 Å². The van der Waals surface area contributed by atoms with Crippen LogP contribution in [0.1, 0.15) is 16.7 Å². The molecule has 0 aliphatic carbocycles. The fourth-order valence-electron chi connectivity index (χ4n) is 4.28. The monoisotopic (exact) mass is 546 g/mol. The smallest absolute Gasteiger partial charge is 0.459 e. The summed E-state index contributed by atoms with van der Waals surface area (Å²) < 4.78 is 106. The molecule has 37 heavy (non-hydrogen) atoms. The fraction of sp³-hybridized carbons (Fsp3) is 0.240. The Labute approximate surface area is 211 Å². The second-order valence-electron chi connectivity index (χ2n) is 8.29. The van der Waals surface area contributed by atoms with Crippen LogP contribution in [-0.2, 0) is 12.1 Å². The first-order valence-corrected chi connectivity index (χ1v) is 11.0. The molecule has 0 unspecified atom stereocenters.